The molecule has 0 aliphatic rings. The summed E-state index contributed by atoms with van der Waals surface area (Å²) in [5.74, 6) is -0.241. The zero-order valence-electron chi connectivity index (χ0n) is 23.6. The SMILES string of the molecule is CCCNC(=O)[C@@H](C)N(Cc1ccc(C)cc1)C(=O)CN(c1cc(OC)ccc1OC)S(=O)(=O)c1ccccc1. The molecule has 214 valence electrons. The molecule has 0 unspecified atom stereocenters. The molecule has 3 rings (SSSR count). The van der Waals surface area contributed by atoms with Crippen molar-refractivity contribution in [2.24, 2.45) is 0 Å². The molecule has 1 N–H and O–H groups in total. The zero-order valence-corrected chi connectivity index (χ0v) is 24.4. The smallest absolute Gasteiger partial charge is 0.264 e. The first-order valence-corrected chi connectivity index (χ1v) is 14.5. The second kappa shape index (κ2) is 13.8. The summed E-state index contributed by atoms with van der Waals surface area (Å²) in [5.41, 5.74) is 2.00. The van der Waals surface area contributed by atoms with Crippen LogP contribution >= 0.6 is 0 Å². The number of benzene rings is 3. The molecule has 40 heavy (non-hydrogen) atoms. The highest BCUT2D eigenvalue weighted by Gasteiger charge is 2.34. The second-order valence-electron chi connectivity index (χ2n) is 9.34. The Hall–Kier alpha value is -4.05. The predicted molar refractivity (Wildman–Crippen MR) is 155 cm³/mol. The van der Waals surface area contributed by atoms with E-state index in [4.69, 9.17) is 9.47 Å². The Bertz CT molecular complexity index is 1390. The van der Waals surface area contributed by atoms with E-state index in [0.717, 1.165) is 21.9 Å². The number of sulfonamides is 1. The van der Waals surface area contributed by atoms with Crippen LogP contribution in [0.5, 0.6) is 11.5 Å². The molecule has 0 aromatic heterocycles. The third kappa shape index (κ3) is 7.32. The van der Waals surface area contributed by atoms with Crippen LogP contribution in [0.2, 0.25) is 0 Å². The molecular weight excluding hydrogens is 530 g/mol. The standard InChI is InChI=1S/C30H37N3O6S/c1-6-18-31-30(35)23(3)32(20-24-14-12-22(2)13-15-24)29(34)21-33(40(36,37)26-10-8-7-9-11-26)27-19-25(38-4)16-17-28(27)39-5/h7-17,19,23H,6,18,20-21H2,1-5H3,(H,31,35)/t23-/m1/s1. The van der Waals surface area contributed by atoms with Crippen molar-refractivity contribution in [2.45, 2.75) is 44.7 Å². The van der Waals surface area contributed by atoms with Crippen LogP contribution < -0.4 is 19.1 Å². The maximum absolute atomic E-state index is 14.0. The number of carbonyl (C=O) groups is 2. The molecule has 3 aromatic rings. The fourth-order valence-electron chi connectivity index (χ4n) is 4.09. The number of anilines is 1. The second-order valence-corrected chi connectivity index (χ2v) is 11.2. The molecule has 0 fully saturated rings. The molecule has 0 spiro atoms. The van der Waals surface area contributed by atoms with Crippen molar-refractivity contribution in [3.05, 3.63) is 83.9 Å². The molecule has 0 aliphatic heterocycles. The first-order valence-electron chi connectivity index (χ1n) is 13.0. The Kier molecular flexibility index (Phi) is 10.6. The van der Waals surface area contributed by atoms with Crippen molar-refractivity contribution in [1.82, 2.24) is 10.2 Å². The van der Waals surface area contributed by atoms with Gasteiger partial charge in [0.15, 0.2) is 0 Å². The van der Waals surface area contributed by atoms with Crippen LogP contribution in [0.25, 0.3) is 0 Å². The Balaban J connectivity index is 2.09. The summed E-state index contributed by atoms with van der Waals surface area (Å²) in [6.45, 7) is 5.55. The van der Waals surface area contributed by atoms with Gasteiger partial charge in [0.25, 0.3) is 10.0 Å². The van der Waals surface area contributed by atoms with Gasteiger partial charge in [-0.3, -0.25) is 13.9 Å². The number of nitrogens with zero attached hydrogens (tertiary/aromatic N) is 2. The summed E-state index contributed by atoms with van der Waals surface area (Å²) in [6, 6.07) is 19.3. The quantitative estimate of drug-likeness (QED) is 0.333. The molecule has 0 heterocycles. The molecule has 1 atom stereocenters. The van der Waals surface area contributed by atoms with E-state index >= 15 is 0 Å². The summed E-state index contributed by atoms with van der Waals surface area (Å²) >= 11 is 0. The minimum absolute atomic E-state index is 0.00601. The Morgan fingerprint density at radius 1 is 0.950 bits per heavy atom. The summed E-state index contributed by atoms with van der Waals surface area (Å²) in [4.78, 5) is 28.4. The van der Waals surface area contributed by atoms with Gasteiger partial charge in [0, 0.05) is 19.2 Å². The van der Waals surface area contributed by atoms with Gasteiger partial charge in [0.1, 0.15) is 24.1 Å². The van der Waals surface area contributed by atoms with Crippen LogP contribution in [-0.2, 0) is 26.2 Å². The number of hydrogen-bond acceptors (Lipinski definition) is 6. The Morgan fingerprint density at radius 3 is 2.23 bits per heavy atom. The molecule has 2 amide bonds. The van der Waals surface area contributed by atoms with Crippen LogP contribution in [0.15, 0.2) is 77.7 Å². The van der Waals surface area contributed by atoms with E-state index in [-0.39, 0.29) is 28.8 Å². The molecule has 0 bridgehead atoms. The number of hydrogen-bond donors (Lipinski definition) is 1. The number of ether oxygens (including phenoxy) is 2. The van der Waals surface area contributed by atoms with Crippen LogP contribution in [0, 0.1) is 6.92 Å². The summed E-state index contributed by atoms with van der Waals surface area (Å²) < 4.78 is 39.8. The lowest BCUT2D eigenvalue weighted by atomic mass is 10.1. The third-order valence-electron chi connectivity index (χ3n) is 6.45. The van der Waals surface area contributed by atoms with Crippen LogP contribution in [-0.4, -0.2) is 58.5 Å². The van der Waals surface area contributed by atoms with E-state index in [1.165, 1.54) is 37.3 Å². The van der Waals surface area contributed by atoms with E-state index < -0.39 is 28.5 Å². The monoisotopic (exact) mass is 567 g/mol. The van der Waals surface area contributed by atoms with Crippen molar-refractivity contribution in [3.8, 4) is 11.5 Å². The first kappa shape index (κ1) is 30.5. The number of methoxy groups -OCH3 is 2. The van der Waals surface area contributed by atoms with Gasteiger partial charge in [-0.25, -0.2) is 8.42 Å². The summed E-state index contributed by atoms with van der Waals surface area (Å²) in [6.07, 6.45) is 0.739. The zero-order chi connectivity index (χ0) is 29.3. The molecule has 9 nitrogen and oxygen atoms in total. The fraction of sp³-hybridized carbons (Fsp3) is 0.333. The van der Waals surface area contributed by atoms with Gasteiger partial charge < -0.3 is 19.7 Å². The fourth-order valence-corrected chi connectivity index (χ4v) is 5.53. The Morgan fingerprint density at radius 2 is 1.62 bits per heavy atom. The third-order valence-corrected chi connectivity index (χ3v) is 8.23. The van der Waals surface area contributed by atoms with E-state index in [9.17, 15) is 18.0 Å². The topological polar surface area (TPSA) is 105 Å². The predicted octanol–water partition coefficient (Wildman–Crippen LogP) is 4.15. The van der Waals surface area contributed by atoms with Gasteiger partial charge >= 0.3 is 0 Å². The van der Waals surface area contributed by atoms with E-state index in [2.05, 4.69) is 5.32 Å². The molecule has 0 saturated carbocycles. The van der Waals surface area contributed by atoms with Crippen LogP contribution in [0.4, 0.5) is 5.69 Å². The summed E-state index contributed by atoms with van der Waals surface area (Å²) in [5, 5.41) is 2.84. The lowest BCUT2D eigenvalue weighted by Crippen LogP contribution is -2.51. The maximum Gasteiger partial charge on any atom is 0.264 e. The average Bonchev–Trinajstić information content (AvgIpc) is 2.97. The van der Waals surface area contributed by atoms with Gasteiger partial charge in [0.05, 0.1) is 24.8 Å². The van der Waals surface area contributed by atoms with Gasteiger partial charge in [0.2, 0.25) is 11.8 Å². The number of aryl methyl sites for hydroxylation is 1. The largest absolute Gasteiger partial charge is 0.497 e. The molecule has 0 radical (unpaired) electrons. The number of nitrogens with one attached hydrogen (secondary N) is 1. The minimum Gasteiger partial charge on any atom is -0.497 e. The molecule has 10 heteroatoms. The molecule has 0 saturated heterocycles. The van der Waals surface area contributed by atoms with Crippen molar-refractivity contribution in [1.29, 1.82) is 0 Å². The van der Waals surface area contributed by atoms with Crippen molar-refractivity contribution in [3.63, 3.8) is 0 Å². The number of rotatable bonds is 13. The van der Waals surface area contributed by atoms with Gasteiger partial charge in [-0.1, -0.05) is 55.0 Å². The molecule has 3 aromatic carbocycles. The minimum atomic E-state index is -4.23. The van der Waals surface area contributed by atoms with E-state index in [1.54, 1.807) is 37.3 Å². The molecular formula is C30H37N3O6S. The van der Waals surface area contributed by atoms with E-state index in [1.807, 2.05) is 38.1 Å². The van der Waals surface area contributed by atoms with Gasteiger partial charge in [-0.15, -0.1) is 0 Å². The lowest BCUT2D eigenvalue weighted by molar-refractivity contribution is -0.139. The van der Waals surface area contributed by atoms with Crippen molar-refractivity contribution >= 4 is 27.5 Å². The van der Waals surface area contributed by atoms with Crippen molar-refractivity contribution in [2.75, 3.05) is 31.6 Å². The normalized spacial score (nSPS) is 11.8. The van der Waals surface area contributed by atoms with Gasteiger partial charge in [-0.05, 0) is 50.1 Å². The first-order chi connectivity index (χ1) is 19.1. The average molecular weight is 568 g/mol. The van der Waals surface area contributed by atoms with Crippen LogP contribution in [0.1, 0.15) is 31.4 Å². The van der Waals surface area contributed by atoms with Gasteiger partial charge in [-0.2, -0.15) is 0 Å². The maximum atomic E-state index is 14.0. The van der Waals surface area contributed by atoms with Crippen molar-refractivity contribution < 1.29 is 27.5 Å². The van der Waals surface area contributed by atoms with Crippen LogP contribution in [0.3, 0.4) is 0 Å². The summed E-state index contributed by atoms with van der Waals surface area (Å²) in [7, 11) is -1.34. The molecule has 0 aliphatic carbocycles. The highest BCUT2D eigenvalue weighted by molar-refractivity contribution is 7.92. The van der Waals surface area contributed by atoms with E-state index in [0.29, 0.717) is 12.3 Å². The lowest BCUT2D eigenvalue weighted by Gasteiger charge is -2.32. The number of amides is 2. The highest BCUT2D eigenvalue weighted by Crippen LogP contribution is 2.36. The Labute approximate surface area is 236 Å². The highest BCUT2D eigenvalue weighted by atomic mass is 32.2. The number of carbonyl (C=O) groups excluding carboxylic acids is 2.